The van der Waals surface area contributed by atoms with Gasteiger partial charge in [-0.15, -0.1) is 5.11 Å². The predicted octanol–water partition coefficient (Wildman–Crippen LogP) is 1.83. The summed E-state index contributed by atoms with van der Waals surface area (Å²) in [6, 6.07) is 0. The third kappa shape index (κ3) is 1.16. The lowest BCUT2D eigenvalue weighted by atomic mass is 10.2. The zero-order chi connectivity index (χ0) is 6.69. The highest BCUT2D eigenvalue weighted by molar-refractivity contribution is 5.16. The van der Waals surface area contributed by atoms with Crippen LogP contribution in [0.2, 0.25) is 0 Å². The fourth-order valence-corrected chi connectivity index (χ4v) is 0.633. The molecule has 1 atom stereocenters. The second kappa shape index (κ2) is 2.44. The Labute approximate surface area is 53.5 Å². The molecule has 0 amide bonds. The van der Waals surface area contributed by atoms with Gasteiger partial charge in [-0.3, -0.25) is 0 Å². The van der Waals surface area contributed by atoms with Gasteiger partial charge in [0.05, 0.1) is 6.26 Å². The van der Waals surface area contributed by atoms with Crippen molar-refractivity contribution in [3.8, 4) is 0 Å². The van der Waals surface area contributed by atoms with E-state index in [1.165, 1.54) is 6.26 Å². The summed E-state index contributed by atoms with van der Waals surface area (Å²) >= 11 is 0. The van der Waals surface area contributed by atoms with Crippen LogP contribution < -0.4 is 0 Å². The Kier molecular flexibility index (Phi) is 1.63. The molecule has 3 heteroatoms. The smallest absolute Gasteiger partial charge is 0.229 e. The van der Waals surface area contributed by atoms with Crippen LogP contribution in [0.15, 0.2) is 29.1 Å². The molecule has 48 valence electrons. The van der Waals surface area contributed by atoms with Crippen molar-refractivity contribution in [2.75, 3.05) is 0 Å². The summed E-state index contributed by atoms with van der Waals surface area (Å²) in [5, 5.41) is 3.24. The van der Waals surface area contributed by atoms with Crippen LogP contribution in [0.1, 0.15) is 6.92 Å². The van der Waals surface area contributed by atoms with E-state index in [0.717, 1.165) is 5.57 Å². The van der Waals surface area contributed by atoms with Crippen LogP contribution in [0.25, 0.3) is 0 Å². The quantitative estimate of drug-likeness (QED) is 0.532. The summed E-state index contributed by atoms with van der Waals surface area (Å²) in [5.74, 6) is 0. The molecule has 1 heterocycles. The first-order valence-electron chi connectivity index (χ1n) is 2.70. The lowest BCUT2D eigenvalue weighted by Gasteiger charge is -2.12. The third-order valence-electron chi connectivity index (χ3n) is 1.15. The van der Waals surface area contributed by atoms with E-state index in [0.29, 0.717) is 0 Å². The van der Waals surface area contributed by atoms with Gasteiger partial charge in [0.25, 0.3) is 0 Å². The molecular formula is C6H8N2O. The van der Waals surface area contributed by atoms with Crippen LogP contribution in [-0.2, 0) is 4.74 Å². The number of rotatable bonds is 1. The van der Waals surface area contributed by atoms with Gasteiger partial charge in [-0.05, 0) is 18.6 Å². The first-order chi connectivity index (χ1) is 4.34. The Bertz CT molecular complexity index is 172. The molecule has 9 heavy (non-hydrogen) atoms. The number of hydrogen-bond acceptors (Lipinski definition) is 3. The van der Waals surface area contributed by atoms with E-state index in [-0.39, 0.29) is 6.23 Å². The van der Waals surface area contributed by atoms with Gasteiger partial charge in [-0.25, -0.2) is 5.53 Å². The fraction of sp³-hybridized carbons (Fsp3) is 0.333. The highest BCUT2D eigenvalue weighted by Gasteiger charge is 2.08. The second-order valence-corrected chi connectivity index (χ2v) is 1.86. The first kappa shape index (κ1) is 6.01. The van der Waals surface area contributed by atoms with E-state index in [1.54, 1.807) is 6.08 Å². The normalized spacial score (nSPS) is 24.6. The zero-order valence-corrected chi connectivity index (χ0v) is 5.16. The lowest BCUT2D eigenvalue weighted by molar-refractivity contribution is 0.170. The van der Waals surface area contributed by atoms with E-state index in [2.05, 4.69) is 5.11 Å². The summed E-state index contributed by atoms with van der Waals surface area (Å²) in [4.78, 5) is 0. The average Bonchev–Trinajstić information content (AvgIpc) is 1.89. The molecule has 1 unspecified atom stereocenters. The Morgan fingerprint density at radius 1 is 1.78 bits per heavy atom. The topological polar surface area (TPSA) is 45.4 Å². The number of ether oxygens (including phenoxy) is 1. The maximum Gasteiger partial charge on any atom is 0.229 e. The predicted molar refractivity (Wildman–Crippen MR) is 32.9 cm³/mol. The average molecular weight is 124 g/mol. The monoisotopic (exact) mass is 124 g/mol. The molecule has 0 saturated carbocycles. The highest BCUT2D eigenvalue weighted by atomic mass is 16.5. The van der Waals surface area contributed by atoms with Crippen molar-refractivity contribution in [2.45, 2.75) is 13.2 Å². The molecule has 1 aliphatic heterocycles. The van der Waals surface area contributed by atoms with E-state index >= 15 is 0 Å². The summed E-state index contributed by atoms with van der Waals surface area (Å²) in [6.07, 6.45) is 4.83. The molecule has 0 radical (unpaired) electrons. The van der Waals surface area contributed by atoms with Crippen molar-refractivity contribution in [3.63, 3.8) is 0 Å². The van der Waals surface area contributed by atoms with Crippen LogP contribution in [-0.4, -0.2) is 6.23 Å². The van der Waals surface area contributed by atoms with Gasteiger partial charge in [0.2, 0.25) is 6.23 Å². The summed E-state index contributed by atoms with van der Waals surface area (Å²) in [7, 11) is 0. The van der Waals surface area contributed by atoms with Gasteiger partial charge in [0.15, 0.2) is 0 Å². The molecule has 0 bridgehead atoms. The minimum atomic E-state index is -0.380. The molecule has 1 N–H and O–H groups in total. The molecular weight excluding hydrogens is 116 g/mol. The molecule has 0 aromatic heterocycles. The fourth-order valence-electron chi connectivity index (χ4n) is 0.633. The molecule has 1 aliphatic rings. The maximum absolute atomic E-state index is 6.65. The van der Waals surface area contributed by atoms with E-state index in [4.69, 9.17) is 10.3 Å². The van der Waals surface area contributed by atoms with Crippen LogP contribution >= 0.6 is 0 Å². The minimum Gasteiger partial charge on any atom is -0.471 e. The number of allylic oxidation sites excluding steroid dienone is 2. The summed E-state index contributed by atoms with van der Waals surface area (Å²) in [5.41, 5.74) is 7.62. The van der Waals surface area contributed by atoms with Gasteiger partial charge in [0.1, 0.15) is 0 Å². The van der Waals surface area contributed by atoms with Gasteiger partial charge in [-0.2, -0.15) is 0 Å². The largest absolute Gasteiger partial charge is 0.471 e. The molecule has 0 spiro atoms. The number of hydrogen-bond donors (Lipinski definition) is 1. The van der Waals surface area contributed by atoms with Crippen LogP contribution in [0.5, 0.6) is 0 Å². The van der Waals surface area contributed by atoms with Crippen molar-refractivity contribution in [3.05, 3.63) is 24.0 Å². The number of nitrogens with one attached hydrogen (secondary N) is 1. The van der Waals surface area contributed by atoms with E-state index < -0.39 is 0 Å². The molecule has 3 nitrogen and oxygen atoms in total. The van der Waals surface area contributed by atoms with Crippen molar-refractivity contribution in [1.29, 1.82) is 5.53 Å². The van der Waals surface area contributed by atoms with E-state index in [9.17, 15) is 0 Å². The Hall–Kier alpha value is -1.12. The van der Waals surface area contributed by atoms with Gasteiger partial charge in [-0.1, -0.05) is 6.08 Å². The van der Waals surface area contributed by atoms with Gasteiger partial charge < -0.3 is 4.74 Å². The summed E-state index contributed by atoms with van der Waals surface area (Å²) < 4.78 is 4.94. The molecule has 0 saturated heterocycles. The van der Waals surface area contributed by atoms with Crippen molar-refractivity contribution >= 4 is 0 Å². The minimum absolute atomic E-state index is 0.380. The zero-order valence-electron chi connectivity index (χ0n) is 5.16. The Balaban J connectivity index is 2.69. The highest BCUT2D eigenvalue weighted by Crippen LogP contribution is 2.11. The lowest BCUT2D eigenvalue weighted by Crippen LogP contribution is -2.08. The van der Waals surface area contributed by atoms with Crippen LogP contribution in [0.3, 0.4) is 0 Å². The summed E-state index contributed by atoms with van der Waals surface area (Å²) in [6.45, 7) is 1.88. The maximum atomic E-state index is 6.65. The molecule has 0 fully saturated rings. The standard InChI is InChI=1S/C6H8N2O/c1-5-3-2-4-9-6(5)8-7/h2-4,6-7H,1H3. The van der Waals surface area contributed by atoms with Crippen molar-refractivity contribution in [2.24, 2.45) is 5.11 Å². The Morgan fingerprint density at radius 3 is 3.00 bits per heavy atom. The van der Waals surface area contributed by atoms with Gasteiger partial charge in [0, 0.05) is 0 Å². The van der Waals surface area contributed by atoms with Crippen molar-refractivity contribution in [1.82, 2.24) is 0 Å². The first-order valence-corrected chi connectivity index (χ1v) is 2.70. The molecule has 0 aromatic rings. The molecule has 0 aliphatic carbocycles. The Morgan fingerprint density at radius 2 is 2.56 bits per heavy atom. The van der Waals surface area contributed by atoms with E-state index in [1.807, 2.05) is 13.0 Å². The second-order valence-electron chi connectivity index (χ2n) is 1.86. The molecule has 0 aromatic carbocycles. The van der Waals surface area contributed by atoms with Gasteiger partial charge >= 0.3 is 0 Å². The van der Waals surface area contributed by atoms with Crippen molar-refractivity contribution < 1.29 is 4.74 Å². The van der Waals surface area contributed by atoms with Crippen LogP contribution in [0.4, 0.5) is 0 Å². The third-order valence-corrected chi connectivity index (χ3v) is 1.15. The number of nitrogens with zero attached hydrogens (tertiary/aromatic N) is 1. The molecule has 1 rings (SSSR count). The SMILES string of the molecule is CC1=CC=COC1N=N. The van der Waals surface area contributed by atoms with Crippen LogP contribution in [0, 0.1) is 5.53 Å².